The molecule has 0 aromatic heterocycles. The highest BCUT2D eigenvalue weighted by Gasteiger charge is 2.12. The molecule has 1 rings (SSSR count). The smallest absolute Gasteiger partial charge is 0.328 e. The Labute approximate surface area is 116 Å². The van der Waals surface area contributed by atoms with Gasteiger partial charge in [-0.3, -0.25) is 4.79 Å². The van der Waals surface area contributed by atoms with Crippen LogP contribution in [0.2, 0.25) is 0 Å². The summed E-state index contributed by atoms with van der Waals surface area (Å²) in [5.41, 5.74) is 0.730. The summed E-state index contributed by atoms with van der Waals surface area (Å²) in [7, 11) is 4.88. The number of carbonyl (C=O) groups is 2. The number of likely N-dealkylation sites (N-methyl/N-ethyl adjacent to an activating group) is 2. The number of carboxylic acids is 1. The number of nitrogens with zero attached hydrogens (tertiary/aromatic N) is 2. The normalized spacial score (nSPS) is 10.6. The van der Waals surface area contributed by atoms with Crippen molar-refractivity contribution in [2.24, 2.45) is 0 Å². The van der Waals surface area contributed by atoms with Crippen molar-refractivity contribution in [1.82, 2.24) is 4.90 Å². The lowest BCUT2D eigenvalue weighted by molar-refractivity contribution is -0.131. The molecule has 0 atom stereocenters. The van der Waals surface area contributed by atoms with Gasteiger partial charge in [0.1, 0.15) is 5.82 Å². The third kappa shape index (κ3) is 4.38. The molecule has 0 unspecified atom stereocenters. The second-order valence-corrected chi connectivity index (χ2v) is 4.53. The van der Waals surface area contributed by atoms with Gasteiger partial charge in [0.15, 0.2) is 0 Å². The quantitative estimate of drug-likeness (QED) is 0.829. The van der Waals surface area contributed by atoms with E-state index < -0.39 is 11.8 Å². The van der Waals surface area contributed by atoms with Crippen molar-refractivity contribution in [1.29, 1.82) is 0 Å². The first-order valence-electron chi connectivity index (χ1n) is 5.93. The van der Waals surface area contributed by atoms with E-state index in [9.17, 15) is 14.0 Å². The molecule has 0 aliphatic heterocycles. The van der Waals surface area contributed by atoms with Crippen LogP contribution < -0.4 is 4.90 Å². The van der Waals surface area contributed by atoms with Crippen molar-refractivity contribution >= 4 is 23.6 Å². The van der Waals surface area contributed by atoms with Crippen LogP contribution in [0.25, 0.3) is 6.08 Å². The van der Waals surface area contributed by atoms with E-state index in [4.69, 9.17) is 5.11 Å². The molecule has 5 nitrogen and oxygen atoms in total. The third-order valence-electron chi connectivity index (χ3n) is 2.67. The molecule has 6 heteroatoms. The zero-order chi connectivity index (χ0) is 15.3. The molecule has 0 radical (unpaired) electrons. The molecule has 0 spiro atoms. The molecule has 1 aromatic rings. The number of rotatable bonds is 5. The molecule has 1 amide bonds. The van der Waals surface area contributed by atoms with Gasteiger partial charge in [0.05, 0.1) is 12.2 Å². The zero-order valence-corrected chi connectivity index (χ0v) is 11.6. The van der Waals surface area contributed by atoms with E-state index in [0.717, 1.165) is 6.08 Å². The van der Waals surface area contributed by atoms with Gasteiger partial charge in [-0.25, -0.2) is 9.18 Å². The highest BCUT2D eigenvalue weighted by molar-refractivity contribution is 5.85. The highest BCUT2D eigenvalue weighted by atomic mass is 19.1. The van der Waals surface area contributed by atoms with E-state index in [1.165, 1.54) is 28.0 Å². The number of carboxylic acid groups (broad SMARTS) is 1. The number of halogens is 1. The van der Waals surface area contributed by atoms with Crippen molar-refractivity contribution < 1.29 is 19.1 Å². The summed E-state index contributed by atoms with van der Waals surface area (Å²) in [6.45, 7) is 0.0637. The Bertz CT molecular complexity index is 541. The molecule has 0 bridgehead atoms. The second-order valence-electron chi connectivity index (χ2n) is 4.53. The Morgan fingerprint density at radius 3 is 2.45 bits per heavy atom. The summed E-state index contributed by atoms with van der Waals surface area (Å²) in [6.07, 6.45) is 2.24. The van der Waals surface area contributed by atoms with Gasteiger partial charge in [0, 0.05) is 27.2 Å². The number of amides is 1. The summed E-state index contributed by atoms with van der Waals surface area (Å²) in [4.78, 5) is 24.9. The van der Waals surface area contributed by atoms with E-state index in [1.807, 2.05) is 0 Å². The number of anilines is 1. The molecule has 0 saturated carbocycles. The monoisotopic (exact) mass is 280 g/mol. The number of hydrogen-bond donors (Lipinski definition) is 1. The van der Waals surface area contributed by atoms with Crippen LogP contribution in [0.15, 0.2) is 24.3 Å². The van der Waals surface area contributed by atoms with Crippen molar-refractivity contribution in [2.75, 3.05) is 32.6 Å². The molecule has 0 aliphatic carbocycles. The van der Waals surface area contributed by atoms with Gasteiger partial charge in [-0.15, -0.1) is 0 Å². The fourth-order valence-electron chi connectivity index (χ4n) is 1.53. The van der Waals surface area contributed by atoms with Crippen molar-refractivity contribution in [2.45, 2.75) is 0 Å². The van der Waals surface area contributed by atoms with Crippen LogP contribution in [0.3, 0.4) is 0 Å². The van der Waals surface area contributed by atoms with Crippen LogP contribution in [0.1, 0.15) is 5.56 Å². The Morgan fingerprint density at radius 1 is 1.30 bits per heavy atom. The molecular formula is C14H17FN2O3. The van der Waals surface area contributed by atoms with Crippen molar-refractivity contribution in [3.8, 4) is 0 Å². The van der Waals surface area contributed by atoms with E-state index in [1.54, 1.807) is 27.2 Å². The van der Waals surface area contributed by atoms with E-state index in [0.29, 0.717) is 5.56 Å². The minimum Gasteiger partial charge on any atom is -0.478 e. The minimum absolute atomic E-state index is 0.0637. The highest BCUT2D eigenvalue weighted by Crippen LogP contribution is 2.20. The SMILES string of the molecule is CN(C)C(=O)CN(C)c1ccc(/C=C/C(=O)O)cc1F. The maximum Gasteiger partial charge on any atom is 0.328 e. The predicted octanol–water partition coefficient (Wildman–Crippen LogP) is 1.45. The number of benzene rings is 1. The maximum absolute atomic E-state index is 13.9. The average molecular weight is 280 g/mol. The summed E-state index contributed by atoms with van der Waals surface area (Å²) in [5, 5.41) is 8.51. The minimum atomic E-state index is -1.09. The summed E-state index contributed by atoms with van der Waals surface area (Å²) < 4.78 is 13.9. The standard InChI is InChI=1S/C14H17FN2O3/c1-16(2)13(18)9-17(3)12-6-4-10(8-11(12)15)5-7-14(19)20/h4-8H,9H2,1-3H3,(H,19,20)/b7-5+. The first-order valence-corrected chi connectivity index (χ1v) is 5.93. The predicted molar refractivity (Wildman–Crippen MR) is 75.0 cm³/mol. The molecule has 0 fully saturated rings. The molecule has 108 valence electrons. The maximum atomic E-state index is 13.9. The van der Waals surface area contributed by atoms with Gasteiger partial charge in [-0.2, -0.15) is 0 Å². The molecule has 0 heterocycles. The first-order chi connectivity index (χ1) is 9.31. The Morgan fingerprint density at radius 2 is 1.95 bits per heavy atom. The number of carbonyl (C=O) groups excluding carboxylic acids is 1. The van der Waals surface area contributed by atoms with Crippen LogP contribution in [0, 0.1) is 5.82 Å². The molecule has 1 N–H and O–H groups in total. The molecule has 0 saturated heterocycles. The van der Waals surface area contributed by atoms with Crippen LogP contribution in [0.4, 0.5) is 10.1 Å². The summed E-state index contributed by atoms with van der Waals surface area (Å²) in [6, 6.07) is 4.33. The van der Waals surface area contributed by atoms with Gasteiger partial charge in [-0.1, -0.05) is 6.07 Å². The molecule has 20 heavy (non-hydrogen) atoms. The summed E-state index contributed by atoms with van der Waals surface area (Å²) >= 11 is 0. The second kappa shape index (κ2) is 6.70. The number of aliphatic carboxylic acids is 1. The van der Waals surface area contributed by atoms with Gasteiger partial charge in [0.2, 0.25) is 5.91 Å². The lowest BCUT2D eigenvalue weighted by Gasteiger charge is -2.21. The largest absolute Gasteiger partial charge is 0.478 e. The van der Waals surface area contributed by atoms with Crippen molar-refractivity contribution in [3.63, 3.8) is 0 Å². The van der Waals surface area contributed by atoms with Crippen LogP contribution in [-0.2, 0) is 9.59 Å². The van der Waals surface area contributed by atoms with Gasteiger partial charge in [-0.05, 0) is 23.8 Å². The van der Waals surface area contributed by atoms with Crippen LogP contribution >= 0.6 is 0 Å². The van der Waals surface area contributed by atoms with Crippen LogP contribution in [-0.4, -0.2) is 49.6 Å². The van der Waals surface area contributed by atoms with E-state index >= 15 is 0 Å². The van der Waals surface area contributed by atoms with Gasteiger partial charge >= 0.3 is 5.97 Å². The Kier molecular flexibility index (Phi) is 5.25. The van der Waals surface area contributed by atoms with Crippen LogP contribution in [0.5, 0.6) is 0 Å². The fourth-order valence-corrected chi connectivity index (χ4v) is 1.53. The first kappa shape index (κ1) is 15.7. The average Bonchev–Trinajstić information content (AvgIpc) is 2.35. The zero-order valence-electron chi connectivity index (χ0n) is 11.6. The van der Waals surface area contributed by atoms with Gasteiger partial charge < -0.3 is 14.9 Å². The molecular weight excluding hydrogens is 263 g/mol. The fraction of sp³-hybridized carbons (Fsp3) is 0.286. The van der Waals surface area contributed by atoms with E-state index in [2.05, 4.69) is 0 Å². The van der Waals surface area contributed by atoms with Gasteiger partial charge in [0.25, 0.3) is 0 Å². The lowest BCUT2D eigenvalue weighted by atomic mass is 10.1. The van der Waals surface area contributed by atoms with Crippen molar-refractivity contribution in [3.05, 3.63) is 35.7 Å². The Balaban J connectivity index is 2.87. The number of hydrogen-bond acceptors (Lipinski definition) is 3. The molecule has 0 aliphatic rings. The van der Waals surface area contributed by atoms with E-state index in [-0.39, 0.29) is 18.1 Å². The topological polar surface area (TPSA) is 60.9 Å². The Hall–Kier alpha value is -2.37. The molecule has 1 aromatic carbocycles. The summed E-state index contributed by atoms with van der Waals surface area (Å²) in [5.74, 6) is -1.74. The third-order valence-corrected chi connectivity index (χ3v) is 2.67. The lowest BCUT2D eigenvalue weighted by Crippen LogP contribution is -2.34.